The van der Waals surface area contributed by atoms with Crippen molar-refractivity contribution in [1.82, 2.24) is 24.5 Å². The fourth-order valence-corrected chi connectivity index (χ4v) is 3.59. The second-order valence-corrected chi connectivity index (χ2v) is 6.25. The van der Waals surface area contributed by atoms with Gasteiger partial charge in [-0.15, -0.1) is 0 Å². The van der Waals surface area contributed by atoms with E-state index in [2.05, 4.69) is 19.8 Å². The number of rotatable bonds is 6. The average Bonchev–Trinajstić information content (AvgIpc) is 2.98. The molecule has 0 unspecified atom stereocenters. The molecule has 0 fully saturated rings. The molecule has 114 valence electrons. The number of carbonyl (C=O) groups is 1. The van der Waals surface area contributed by atoms with E-state index in [-0.39, 0.29) is 16.5 Å². The maximum Gasteiger partial charge on any atom is 0.322 e. The standard InChI is InChI=1S/C10H12ClN5O4S/c1-16-9(7(11)4-14-16)21(19,20)15-8(10(17)18)2-6-3-12-5-13-6/h3-5,8,15H,2H2,1H3,(H,12,13)(H,17,18)/t8-/m1/s1. The number of imidazole rings is 1. The molecule has 9 nitrogen and oxygen atoms in total. The minimum atomic E-state index is -4.12. The van der Waals surface area contributed by atoms with Crippen LogP contribution in [0, 0.1) is 0 Å². The number of carboxylic acids is 1. The lowest BCUT2D eigenvalue weighted by Gasteiger charge is -2.14. The second-order valence-electron chi connectivity index (χ2n) is 4.21. The zero-order valence-electron chi connectivity index (χ0n) is 10.8. The van der Waals surface area contributed by atoms with Gasteiger partial charge in [-0.3, -0.25) is 9.48 Å². The van der Waals surface area contributed by atoms with Crippen molar-refractivity contribution in [3.05, 3.63) is 29.4 Å². The van der Waals surface area contributed by atoms with Gasteiger partial charge < -0.3 is 10.1 Å². The van der Waals surface area contributed by atoms with Crippen molar-refractivity contribution in [2.75, 3.05) is 0 Å². The number of hydrogen-bond donors (Lipinski definition) is 3. The van der Waals surface area contributed by atoms with Gasteiger partial charge in [0, 0.05) is 25.4 Å². The minimum Gasteiger partial charge on any atom is -0.480 e. The first-order valence-electron chi connectivity index (χ1n) is 5.71. The van der Waals surface area contributed by atoms with Crippen molar-refractivity contribution in [1.29, 1.82) is 0 Å². The molecule has 0 aliphatic carbocycles. The smallest absolute Gasteiger partial charge is 0.322 e. The number of aromatic amines is 1. The third kappa shape index (κ3) is 3.40. The van der Waals surface area contributed by atoms with Crippen LogP contribution in [0.1, 0.15) is 5.69 Å². The SMILES string of the molecule is Cn1ncc(Cl)c1S(=O)(=O)N[C@H](Cc1cnc[nH]1)C(=O)O. The van der Waals surface area contributed by atoms with Gasteiger partial charge >= 0.3 is 5.97 Å². The van der Waals surface area contributed by atoms with Gasteiger partial charge in [-0.05, 0) is 0 Å². The molecule has 0 spiro atoms. The van der Waals surface area contributed by atoms with Crippen LogP contribution < -0.4 is 4.72 Å². The molecule has 0 bridgehead atoms. The number of carboxylic acid groups (broad SMARTS) is 1. The summed E-state index contributed by atoms with van der Waals surface area (Å²) in [5.41, 5.74) is 0.487. The average molecular weight is 334 g/mol. The summed E-state index contributed by atoms with van der Waals surface area (Å²) in [5, 5.41) is 12.5. The zero-order valence-corrected chi connectivity index (χ0v) is 12.4. The summed E-state index contributed by atoms with van der Waals surface area (Å²) >= 11 is 5.77. The van der Waals surface area contributed by atoms with Gasteiger partial charge in [0.15, 0.2) is 5.03 Å². The normalized spacial score (nSPS) is 13.2. The summed E-state index contributed by atoms with van der Waals surface area (Å²) in [7, 11) is -2.73. The van der Waals surface area contributed by atoms with E-state index in [9.17, 15) is 13.2 Å². The quantitative estimate of drug-likeness (QED) is 0.669. The maximum absolute atomic E-state index is 12.2. The zero-order chi connectivity index (χ0) is 15.6. The highest BCUT2D eigenvalue weighted by Gasteiger charge is 2.29. The number of nitrogens with one attached hydrogen (secondary N) is 2. The number of nitrogens with zero attached hydrogens (tertiary/aromatic N) is 3. The van der Waals surface area contributed by atoms with Gasteiger partial charge in [0.1, 0.15) is 6.04 Å². The molecule has 0 radical (unpaired) electrons. The van der Waals surface area contributed by atoms with Crippen LogP contribution in [0.15, 0.2) is 23.7 Å². The number of sulfonamides is 1. The molecule has 2 heterocycles. The van der Waals surface area contributed by atoms with E-state index in [0.717, 1.165) is 4.68 Å². The lowest BCUT2D eigenvalue weighted by atomic mass is 10.2. The number of aliphatic carboxylic acids is 1. The van der Waals surface area contributed by atoms with E-state index >= 15 is 0 Å². The Balaban J connectivity index is 2.26. The Labute approximate surface area is 125 Å². The van der Waals surface area contributed by atoms with Crippen LogP contribution in [-0.2, 0) is 28.3 Å². The Morgan fingerprint density at radius 1 is 1.57 bits per heavy atom. The fourth-order valence-electron chi connectivity index (χ4n) is 1.74. The van der Waals surface area contributed by atoms with Crippen molar-refractivity contribution < 1.29 is 18.3 Å². The van der Waals surface area contributed by atoms with E-state index in [4.69, 9.17) is 16.7 Å². The lowest BCUT2D eigenvalue weighted by molar-refractivity contribution is -0.138. The number of hydrogen-bond acceptors (Lipinski definition) is 5. The predicted molar refractivity (Wildman–Crippen MR) is 72.3 cm³/mol. The number of H-pyrrole nitrogens is 1. The van der Waals surface area contributed by atoms with Crippen LogP contribution in [0.25, 0.3) is 0 Å². The molecule has 2 rings (SSSR count). The molecule has 0 aliphatic rings. The van der Waals surface area contributed by atoms with Crippen LogP contribution in [0.4, 0.5) is 0 Å². The van der Waals surface area contributed by atoms with Gasteiger partial charge in [0.2, 0.25) is 0 Å². The van der Waals surface area contributed by atoms with E-state index < -0.39 is 22.0 Å². The van der Waals surface area contributed by atoms with Crippen LogP contribution >= 0.6 is 11.6 Å². The topological polar surface area (TPSA) is 130 Å². The van der Waals surface area contributed by atoms with E-state index in [1.165, 1.54) is 25.8 Å². The molecule has 1 atom stereocenters. The fraction of sp³-hybridized carbons (Fsp3) is 0.300. The lowest BCUT2D eigenvalue weighted by Crippen LogP contribution is -2.42. The van der Waals surface area contributed by atoms with Gasteiger partial charge in [-0.25, -0.2) is 13.4 Å². The number of aryl methyl sites for hydroxylation is 1. The Hall–Kier alpha value is -1.91. The maximum atomic E-state index is 12.2. The molecule has 0 saturated carbocycles. The van der Waals surface area contributed by atoms with Crippen LogP contribution in [-0.4, -0.2) is 45.3 Å². The summed E-state index contributed by atoms with van der Waals surface area (Å²) in [4.78, 5) is 17.7. The van der Waals surface area contributed by atoms with Crippen molar-refractivity contribution in [3.8, 4) is 0 Å². The molecule has 21 heavy (non-hydrogen) atoms. The summed E-state index contributed by atoms with van der Waals surface area (Å²) in [5.74, 6) is -1.31. The highest BCUT2D eigenvalue weighted by molar-refractivity contribution is 7.89. The van der Waals surface area contributed by atoms with E-state index in [1.807, 2.05) is 0 Å². The highest BCUT2D eigenvalue weighted by atomic mass is 35.5. The van der Waals surface area contributed by atoms with Crippen molar-refractivity contribution in [3.63, 3.8) is 0 Å². The van der Waals surface area contributed by atoms with Gasteiger partial charge in [-0.2, -0.15) is 9.82 Å². The van der Waals surface area contributed by atoms with Crippen LogP contribution in [0.5, 0.6) is 0 Å². The Bertz CT molecular complexity index is 720. The monoisotopic (exact) mass is 333 g/mol. The first-order chi connectivity index (χ1) is 9.81. The molecular weight excluding hydrogens is 322 g/mol. The molecular formula is C10H12ClN5O4S. The molecule has 0 saturated heterocycles. The molecule has 11 heteroatoms. The Morgan fingerprint density at radius 2 is 2.29 bits per heavy atom. The number of halogens is 1. The summed E-state index contributed by atoms with van der Waals surface area (Å²) in [6.07, 6.45) is 3.88. The van der Waals surface area contributed by atoms with Crippen molar-refractivity contribution in [2.24, 2.45) is 7.05 Å². The van der Waals surface area contributed by atoms with Crippen molar-refractivity contribution >= 4 is 27.6 Å². The van der Waals surface area contributed by atoms with Gasteiger partial charge in [-0.1, -0.05) is 11.6 Å². The van der Waals surface area contributed by atoms with Crippen LogP contribution in [0.3, 0.4) is 0 Å². The Morgan fingerprint density at radius 3 is 2.76 bits per heavy atom. The van der Waals surface area contributed by atoms with E-state index in [0.29, 0.717) is 5.69 Å². The van der Waals surface area contributed by atoms with Crippen LogP contribution in [0.2, 0.25) is 5.02 Å². The van der Waals surface area contributed by atoms with Crippen molar-refractivity contribution in [2.45, 2.75) is 17.5 Å². The molecule has 0 aliphatic heterocycles. The minimum absolute atomic E-state index is 0.0793. The molecule has 2 aromatic heterocycles. The second kappa shape index (κ2) is 5.84. The predicted octanol–water partition coefficient (Wildman–Crippen LogP) is -0.229. The Kier molecular flexibility index (Phi) is 4.30. The van der Waals surface area contributed by atoms with E-state index in [1.54, 1.807) is 0 Å². The third-order valence-electron chi connectivity index (χ3n) is 2.67. The summed E-state index contributed by atoms with van der Waals surface area (Å²) < 4.78 is 27.6. The summed E-state index contributed by atoms with van der Waals surface area (Å²) in [6.45, 7) is 0. The van der Waals surface area contributed by atoms with Gasteiger partial charge in [0.25, 0.3) is 10.0 Å². The first-order valence-corrected chi connectivity index (χ1v) is 7.57. The highest BCUT2D eigenvalue weighted by Crippen LogP contribution is 2.20. The molecule has 2 aromatic rings. The molecule has 0 aromatic carbocycles. The third-order valence-corrected chi connectivity index (χ3v) is 4.65. The first kappa shape index (κ1) is 15.5. The summed E-state index contributed by atoms with van der Waals surface area (Å²) in [6, 6.07) is -1.36. The largest absolute Gasteiger partial charge is 0.480 e. The molecule has 3 N–H and O–H groups in total. The number of aromatic nitrogens is 4. The van der Waals surface area contributed by atoms with Gasteiger partial charge in [0.05, 0.1) is 17.5 Å². The molecule has 0 amide bonds.